The second-order valence-electron chi connectivity index (χ2n) is 6.56. The molecule has 0 aliphatic carbocycles. The quantitative estimate of drug-likeness (QED) is 0.697. The number of amides is 1. The summed E-state index contributed by atoms with van der Waals surface area (Å²) in [5.74, 6) is 1.66. The Balaban J connectivity index is 1.91. The highest BCUT2D eigenvalue weighted by Gasteiger charge is 2.32. The first-order valence-electron chi connectivity index (χ1n) is 9.01. The molecule has 1 aromatic heterocycles. The third kappa shape index (κ3) is 3.44. The monoisotopic (exact) mass is 413 g/mol. The van der Waals surface area contributed by atoms with E-state index in [0.717, 1.165) is 16.8 Å². The molecule has 2 aromatic carbocycles. The number of rotatable bonds is 4. The van der Waals surface area contributed by atoms with Gasteiger partial charge in [-0.25, -0.2) is 9.07 Å². The number of hydrogen-bond acceptors (Lipinski definition) is 5. The first kappa shape index (κ1) is 19.3. The van der Waals surface area contributed by atoms with Crippen LogP contribution >= 0.6 is 11.8 Å². The average Bonchev–Trinajstić information content (AvgIpc) is 2.93. The van der Waals surface area contributed by atoms with Crippen LogP contribution in [0.1, 0.15) is 22.1 Å². The molecule has 0 radical (unpaired) electrons. The van der Waals surface area contributed by atoms with Crippen LogP contribution in [-0.2, 0) is 4.79 Å². The molecule has 0 unspecified atom stereocenters. The number of para-hydroxylation sites is 1. The summed E-state index contributed by atoms with van der Waals surface area (Å²) in [4.78, 5) is 12.5. The third-order valence-electron chi connectivity index (χ3n) is 4.79. The van der Waals surface area contributed by atoms with E-state index in [1.165, 1.54) is 23.9 Å². The molecule has 1 amide bonds. The van der Waals surface area contributed by atoms with Crippen molar-refractivity contribution in [1.82, 2.24) is 9.78 Å². The van der Waals surface area contributed by atoms with Crippen molar-refractivity contribution in [3.63, 3.8) is 0 Å². The molecule has 1 N–H and O–H groups in total. The molecule has 3 aromatic rings. The van der Waals surface area contributed by atoms with E-state index in [0.29, 0.717) is 23.0 Å². The first-order chi connectivity index (χ1) is 14.0. The van der Waals surface area contributed by atoms with Gasteiger partial charge in [-0.2, -0.15) is 5.10 Å². The van der Waals surface area contributed by atoms with Crippen molar-refractivity contribution in [3.8, 4) is 17.2 Å². The molecule has 4 rings (SSSR count). The fraction of sp³-hybridized carbons (Fsp3) is 0.238. The van der Waals surface area contributed by atoms with E-state index in [9.17, 15) is 9.18 Å². The van der Waals surface area contributed by atoms with Crippen LogP contribution in [0, 0.1) is 12.7 Å². The largest absolute Gasteiger partial charge is 0.493 e. The van der Waals surface area contributed by atoms with Crippen LogP contribution in [0.5, 0.6) is 11.5 Å². The minimum absolute atomic E-state index is 0.121. The van der Waals surface area contributed by atoms with E-state index in [1.54, 1.807) is 31.0 Å². The van der Waals surface area contributed by atoms with Gasteiger partial charge in [0.1, 0.15) is 11.6 Å². The molecule has 29 heavy (non-hydrogen) atoms. The van der Waals surface area contributed by atoms with Crippen molar-refractivity contribution in [1.29, 1.82) is 0 Å². The van der Waals surface area contributed by atoms with E-state index >= 15 is 0 Å². The average molecular weight is 413 g/mol. The zero-order valence-corrected chi connectivity index (χ0v) is 17.0. The highest BCUT2D eigenvalue weighted by atomic mass is 32.2. The molecule has 0 bridgehead atoms. The van der Waals surface area contributed by atoms with Gasteiger partial charge in [0.25, 0.3) is 0 Å². The Hall–Kier alpha value is -3.00. The maximum absolute atomic E-state index is 13.4. The van der Waals surface area contributed by atoms with Crippen molar-refractivity contribution in [2.24, 2.45) is 0 Å². The van der Waals surface area contributed by atoms with Crippen LogP contribution in [0.25, 0.3) is 5.69 Å². The molecular formula is C21H20FN3O3S. The van der Waals surface area contributed by atoms with Gasteiger partial charge in [-0.15, -0.1) is 11.8 Å². The zero-order chi connectivity index (χ0) is 20.5. The number of methoxy groups -OCH3 is 2. The molecule has 1 atom stereocenters. The Bertz CT molecular complexity index is 1070. The maximum atomic E-state index is 13.4. The van der Waals surface area contributed by atoms with Gasteiger partial charge in [-0.1, -0.05) is 12.1 Å². The highest BCUT2D eigenvalue weighted by molar-refractivity contribution is 8.00. The molecule has 0 fully saturated rings. The van der Waals surface area contributed by atoms with E-state index in [4.69, 9.17) is 9.47 Å². The number of thioether (sulfide) groups is 1. The number of halogens is 1. The second kappa shape index (κ2) is 7.79. The molecule has 0 spiro atoms. The lowest BCUT2D eigenvalue weighted by molar-refractivity contribution is -0.113. The minimum Gasteiger partial charge on any atom is -0.493 e. The molecule has 2 heterocycles. The number of nitrogens with zero attached hydrogens (tertiary/aromatic N) is 2. The van der Waals surface area contributed by atoms with Crippen molar-refractivity contribution >= 4 is 23.5 Å². The molecule has 150 valence electrons. The Morgan fingerprint density at radius 1 is 1.17 bits per heavy atom. The van der Waals surface area contributed by atoms with Crippen LogP contribution in [0.2, 0.25) is 0 Å². The van der Waals surface area contributed by atoms with Crippen LogP contribution in [0.3, 0.4) is 0 Å². The molecule has 0 saturated carbocycles. The highest BCUT2D eigenvalue weighted by Crippen LogP contribution is 2.48. The van der Waals surface area contributed by atoms with Crippen molar-refractivity contribution in [2.75, 3.05) is 25.3 Å². The number of carbonyl (C=O) groups excluding carboxylic acids is 1. The number of anilines is 1. The van der Waals surface area contributed by atoms with Gasteiger partial charge < -0.3 is 14.8 Å². The number of aryl methyl sites for hydroxylation is 1. The SMILES string of the molecule is COc1cccc([C@H]2SCC(=O)Nc3c2c(C)nn3-c2ccc(F)cc2)c1OC. The van der Waals surface area contributed by atoms with Crippen molar-refractivity contribution < 1.29 is 18.7 Å². The maximum Gasteiger partial charge on any atom is 0.235 e. The predicted molar refractivity (Wildman–Crippen MR) is 111 cm³/mol. The van der Waals surface area contributed by atoms with Gasteiger partial charge in [0.2, 0.25) is 5.91 Å². The summed E-state index contributed by atoms with van der Waals surface area (Å²) in [6.07, 6.45) is 0. The van der Waals surface area contributed by atoms with Gasteiger partial charge in [0, 0.05) is 11.1 Å². The molecular weight excluding hydrogens is 393 g/mol. The lowest BCUT2D eigenvalue weighted by atomic mass is 10.0. The summed E-state index contributed by atoms with van der Waals surface area (Å²) in [5.41, 5.74) is 3.22. The summed E-state index contributed by atoms with van der Waals surface area (Å²) in [5, 5.41) is 7.41. The van der Waals surface area contributed by atoms with Gasteiger partial charge in [-0.3, -0.25) is 4.79 Å². The van der Waals surface area contributed by atoms with E-state index in [2.05, 4.69) is 10.4 Å². The molecule has 6 nitrogen and oxygen atoms in total. The molecule has 1 aliphatic heterocycles. The van der Waals surface area contributed by atoms with Crippen LogP contribution < -0.4 is 14.8 Å². The second-order valence-corrected chi connectivity index (χ2v) is 7.65. The molecule has 8 heteroatoms. The topological polar surface area (TPSA) is 65.4 Å². The van der Waals surface area contributed by atoms with Crippen molar-refractivity contribution in [3.05, 3.63) is 65.1 Å². The smallest absolute Gasteiger partial charge is 0.235 e. The Morgan fingerprint density at radius 3 is 2.62 bits per heavy atom. The third-order valence-corrected chi connectivity index (χ3v) is 6.05. The minimum atomic E-state index is -0.331. The molecule has 1 aliphatic rings. The predicted octanol–water partition coefficient (Wildman–Crippen LogP) is 4.11. The summed E-state index contributed by atoms with van der Waals surface area (Å²) in [6, 6.07) is 11.7. The fourth-order valence-electron chi connectivity index (χ4n) is 3.52. The summed E-state index contributed by atoms with van der Waals surface area (Å²) in [6.45, 7) is 1.90. The normalized spacial score (nSPS) is 16.0. The number of fused-ring (bicyclic) bond motifs is 1. The molecule has 0 saturated heterocycles. The number of carbonyl (C=O) groups is 1. The van der Waals surface area contributed by atoms with Crippen LogP contribution in [0.4, 0.5) is 10.2 Å². The lowest BCUT2D eigenvalue weighted by Gasteiger charge is -2.20. The van der Waals surface area contributed by atoms with E-state index in [-0.39, 0.29) is 22.7 Å². The zero-order valence-electron chi connectivity index (χ0n) is 16.2. The van der Waals surface area contributed by atoms with Crippen LogP contribution in [0.15, 0.2) is 42.5 Å². The van der Waals surface area contributed by atoms with E-state index in [1.807, 2.05) is 25.1 Å². The first-order valence-corrected chi connectivity index (χ1v) is 10.1. The number of aromatic nitrogens is 2. The summed E-state index contributed by atoms with van der Waals surface area (Å²) in [7, 11) is 3.19. The van der Waals surface area contributed by atoms with Crippen molar-refractivity contribution in [2.45, 2.75) is 12.2 Å². The Kier molecular flexibility index (Phi) is 5.19. The van der Waals surface area contributed by atoms with Gasteiger partial charge in [-0.05, 0) is 37.3 Å². The number of hydrogen-bond donors (Lipinski definition) is 1. The summed E-state index contributed by atoms with van der Waals surface area (Å²) < 4.78 is 26.1. The number of ether oxygens (including phenoxy) is 2. The van der Waals surface area contributed by atoms with Gasteiger partial charge in [0.05, 0.1) is 36.6 Å². The standard InChI is InChI=1S/C21H20FN3O3S/c1-12-18-20(15-5-4-6-16(27-2)19(15)28-3)29-11-17(26)23-21(18)25(24-12)14-9-7-13(22)8-10-14/h4-10,20H,11H2,1-3H3,(H,23,26)/t20-/m1/s1. The van der Waals surface area contributed by atoms with Gasteiger partial charge in [0.15, 0.2) is 11.5 Å². The Morgan fingerprint density at radius 2 is 1.93 bits per heavy atom. The van der Waals surface area contributed by atoms with Gasteiger partial charge >= 0.3 is 0 Å². The number of nitrogens with one attached hydrogen (secondary N) is 1. The Labute approximate surface area is 172 Å². The summed E-state index contributed by atoms with van der Waals surface area (Å²) >= 11 is 1.50. The number of benzene rings is 2. The van der Waals surface area contributed by atoms with E-state index < -0.39 is 0 Å². The lowest BCUT2D eigenvalue weighted by Crippen LogP contribution is -2.15. The fourth-order valence-corrected chi connectivity index (χ4v) is 4.72. The van der Waals surface area contributed by atoms with Crippen LogP contribution in [-0.4, -0.2) is 35.7 Å².